The van der Waals surface area contributed by atoms with Crippen LogP contribution in [0, 0.1) is 0 Å². The van der Waals surface area contributed by atoms with Crippen molar-refractivity contribution in [3.63, 3.8) is 0 Å². The van der Waals surface area contributed by atoms with Crippen molar-refractivity contribution in [2.24, 2.45) is 0 Å². The van der Waals surface area contributed by atoms with E-state index in [1.807, 2.05) is 0 Å². The minimum absolute atomic E-state index is 0.316. The SMILES string of the molecule is CC(C)=CCCC(C)=CCCC(C)=CCCC(=O)C=O. The van der Waals surface area contributed by atoms with Gasteiger partial charge in [-0.2, -0.15) is 0 Å². The van der Waals surface area contributed by atoms with Gasteiger partial charge in [0.25, 0.3) is 0 Å². The summed E-state index contributed by atoms with van der Waals surface area (Å²) in [5.41, 5.74) is 4.10. The highest BCUT2D eigenvalue weighted by atomic mass is 16.2. The van der Waals surface area contributed by atoms with Gasteiger partial charge in [-0.15, -0.1) is 0 Å². The van der Waals surface area contributed by atoms with Gasteiger partial charge in [-0.1, -0.05) is 34.9 Å². The number of hydrogen-bond acceptors (Lipinski definition) is 2. The van der Waals surface area contributed by atoms with Gasteiger partial charge in [0.2, 0.25) is 0 Å². The first-order valence-electron chi connectivity index (χ1n) is 7.38. The standard InChI is InChI=1S/C18H28O2/c1-15(2)8-5-9-16(3)10-6-11-17(4)12-7-13-18(20)14-19/h8,10,12,14H,5-7,9,11,13H2,1-4H3. The van der Waals surface area contributed by atoms with Crippen LogP contribution in [-0.2, 0) is 9.59 Å². The van der Waals surface area contributed by atoms with Gasteiger partial charge in [-0.25, -0.2) is 0 Å². The van der Waals surface area contributed by atoms with E-state index in [9.17, 15) is 9.59 Å². The summed E-state index contributed by atoms with van der Waals surface area (Å²) in [4.78, 5) is 21.0. The molecule has 0 aliphatic heterocycles. The molecule has 2 nitrogen and oxygen atoms in total. The highest BCUT2D eigenvalue weighted by Crippen LogP contribution is 2.12. The molecule has 0 bridgehead atoms. The van der Waals surface area contributed by atoms with Crippen molar-refractivity contribution in [1.82, 2.24) is 0 Å². The summed E-state index contributed by atoms with van der Waals surface area (Å²) < 4.78 is 0. The van der Waals surface area contributed by atoms with Gasteiger partial charge >= 0.3 is 0 Å². The minimum atomic E-state index is -0.316. The molecular formula is C18H28O2. The highest BCUT2D eigenvalue weighted by molar-refractivity contribution is 6.24. The van der Waals surface area contributed by atoms with Crippen LogP contribution in [-0.4, -0.2) is 12.1 Å². The molecule has 0 unspecified atom stereocenters. The quantitative estimate of drug-likeness (QED) is 0.321. The van der Waals surface area contributed by atoms with E-state index in [0.29, 0.717) is 19.1 Å². The van der Waals surface area contributed by atoms with Crippen LogP contribution in [0.4, 0.5) is 0 Å². The van der Waals surface area contributed by atoms with Crippen LogP contribution in [0.5, 0.6) is 0 Å². The molecule has 0 saturated heterocycles. The van der Waals surface area contributed by atoms with Gasteiger partial charge < -0.3 is 0 Å². The fraction of sp³-hybridized carbons (Fsp3) is 0.556. The summed E-state index contributed by atoms with van der Waals surface area (Å²) in [7, 11) is 0. The van der Waals surface area contributed by atoms with E-state index >= 15 is 0 Å². The monoisotopic (exact) mass is 276 g/mol. The van der Waals surface area contributed by atoms with Crippen LogP contribution in [0.1, 0.15) is 66.2 Å². The van der Waals surface area contributed by atoms with Crippen molar-refractivity contribution < 1.29 is 9.59 Å². The Labute approximate surface area is 123 Å². The molecule has 0 aliphatic carbocycles. The zero-order valence-corrected chi connectivity index (χ0v) is 13.4. The Balaban J connectivity index is 3.90. The third-order valence-corrected chi connectivity index (χ3v) is 3.14. The Morgan fingerprint density at radius 1 is 0.750 bits per heavy atom. The molecule has 0 aromatic rings. The molecule has 0 radical (unpaired) electrons. The Morgan fingerprint density at radius 3 is 1.65 bits per heavy atom. The van der Waals surface area contributed by atoms with E-state index < -0.39 is 0 Å². The van der Waals surface area contributed by atoms with Gasteiger partial charge in [0.1, 0.15) is 0 Å². The lowest BCUT2D eigenvalue weighted by Gasteiger charge is -2.01. The molecule has 0 spiro atoms. The predicted octanol–water partition coefficient (Wildman–Crippen LogP) is 4.95. The Kier molecular flexibility index (Phi) is 10.6. The number of carbonyl (C=O) groups is 2. The molecule has 20 heavy (non-hydrogen) atoms. The molecule has 0 N–H and O–H groups in total. The average Bonchev–Trinajstić information content (AvgIpc) is 2.38. The van der Waals surface area contributed by atoms with Crippen molar-refractivity contribution >= 4 is 12.1 Å². The average molecular weight is 276 g/mol. The van der Waals surface area contributed by atoms with Gasteiger partial charge in [-0.05, 0) is 59.8 Å². The summed E-state index contributed by atoms with van der Waals surface area (Å²) in [5.74, 6) is -0.316. The fourth-order valence-corrected chi connectivity index (χ4v) is 1.86. The number of rotatable bonds is 10. The summed E-state index contributed by atoms with van der Waals surface area (Å²) in [6.07, 6.45) is 12.4. The normalized spacial score (nSPS) is 12.2. The van der Waals surface area contributed by atoms with Crippen LogP contribution in [0.15, 0.2) is 34.9 Å². The van der Waals surface area contributed by atoms with E-state index in [1.54, 1.807) is 0 Å². The zero-order valence-electron chi connectivity index (χ0n) is 13.4. The lowest BCUT2D eigenvalue weighted by Crippen LogP contribution is -1.96. The van der Waals surface area contributed by atoms with Gasteiger partial charge in [0, 0.05) is 6.42 Å². The van der Waals surface area contributed by atoms with Crippen LogP contribution < -0.4 is 0 Å². The van der Waals surface area contributed by atoms with Crippen LogP contribution in [0.25, 0.3) is 0 Å². The lowest BCUT2D eigenvalue weighted by molar-refractivity contribution is -0.129. The van der Waals surface area contributed by atoms with Crippen molar-refractivity contribution in [1.29, 1.82) is 0 Å². The second-order valence-corrected chi connectivity index (χ2v) is 5.58. The molecule has 112 valence electrons. The molecule has 0 aromatic carbocycles. The van der Waals surface area contributed by atoms with Crippen molar-refractivity contribution in [2.75, 3.05) is 0 Å². The molecule has 0 heterocycles. The Bertz CT molecular complexity index is 394. The van der Waals surface area contributed by atoms with Crippen LogP contribution >= 0.6 is 0 Å². The van der Waals surface area contributed by atoms with Gasteiger partial charge in [-0.3, -0.25) is 9.59 Å². The topological polar surface area (TPSA) is 34.1 Å². The van der Waals surface area contributed by atoms with E-state index in [-0.39, 0.29) is 5.78 Å². The first-order valence-corrected chi connectivity index (χ1v) is 7.38. The maximum atomic E-state index is 10.8. The summed E-state index contributed by atoms with van der Waals surface area (Å²) in [5, 5.41) is 0. The molecule has 0 atom stereocenters. The molecule has 0 rings (SSSR count). The highest BCUT2D eigenvalue weighted by Gasteiger charge is 1.97. The van der Waals surface area contributed by atoms with E-state index in [0.717, 1.165) is 25.7 Å². The zero-order chi connectivity index (χ0) is 15.4. The van der Waals surface area contributed by atoms with E-state index in [4.69, 9.17) is 0 Å². The first-order chi connectivity index (χ1) is 9.45. The second kappa shape index (κ2) is 11.4. The lowest BCUT2D eigenvalue weighted by atomic mass is 10.1. The molecule has 0 amide bonds. The first kappa shape index (κ1) is 18.6. The maximum absolute atomic E-state index is 10.8. The van der Waals surface area contributed by atoms with Crippen LogP contribution in [0.2, 0.25) is 0 Å². The number of allylic oxidation sites excluding steroid dienone is 6. The molecule has 0 aliphatic rings. The summed E-state index contributed by atoms with van der Waals surface area (Å²) in [6, 6.07) is 0. The molecular weight excluding hydrogens is 248 g/mol. The molecule has 0 saturated carbocycles. The largest absolute Gasteiger partial charge is 0.295 e. The maximum Gasteiger partial charge on any atom is 0.195 e. The van der Waals surface area contributed by atoms with Crippen molar-refractivity contribution in [3.05, 3.63) is 34.9 Å². The van der Waals surface area contributed by atoms with Gasteiger partial charge in [0.05, 0.1) is 0 Å². The number of carbonyl (C=O) groups excluding carboxylic acids is 2. The third kappa shape index (κ3) is 11.6. The van der Waals surface area contributed by atoms with E-state index in [1.165, 1.54) is 16.7 Å². The number of ketones is 1. The van der Waals surface area contributed by atoms with Crippen molar-refractivity contribution in [2.45, 2.75) is 66.2 Å². The Morgan fingerprint density at radius 2 is 1.20 bits per heavy atom. The van der Waals surface area contributed by atoms with E-state index in [2.05, 4.69) is 45.9 Å². The number of aldehydes is 1. The van der Waals surface area contributed by atoms with Crippen molar-refractivity contribution in [3.8, 4) is 0 Å². The van der Waals surface area contributed by atoms with Crippen LogP contribution in [0.3, 0.4) is 0 Å². The van der Waals surface area contributed by atoms with Gasteiger partial charge in [0.15, 0.2) is 12.1 Å². The predicted molar refractivity (Wildman–Crippen MR) is 85.7 cm³/mol. The summed E-state index contributed by atoms with van der Waals surface area (Å²) in [6.45, 7) is 8.52. The second-order valence-electron chi connectivity index (χ2n) is 5.58. The third-order valence-electron chi connectivity index (χ3n) is 3.14. The Hall–Kier alpha value is -1.44. The fourth-order valence-electron chi connectivity index (χ4n) is 1.86. The number of hydrogen-bond donors (Lipinski definition) is 0. The smallest absolute Gasteiger partial charge is 0.195 e. The molecule has 0 aromatic heterocycles. The molecule has 0 fully saturated rings. The summed E-state index contributed by atoms with van der Waals surface area (Å²) >= 11 is 0. The number of Topliss-reactive ketones (excluding diaryl/α,β-unsaturated/α-hetero) is 1. The minimum Gasteiger partial charge on any atom is -0.295 e. The molecule has 2 heteroatoms.